The van der Waals surface area contributed by atoms with Crippen LogP contribution in [-0.2, 0) is 11.3 Å². The molecule has 0 spiro atoms. The third-order valence-corrected chi connectivity index (χ3v) is 4.33. The first kappa shape index (κ1) is 19.3. The Morgan fingerprint density at radius 1 is 1.33 bits per heavy atom. The van der Waals surface area contributed by atoms with Gasteiger partial charge in [-0.15, -0.1) is 0 Å². The summed E-state index contributed by atoms with van der Waals surface area (Å²) in [5.74, 6) is 0.897. The second kappa shape index (κ2) is 8.49. The zero-order valence-corrected chi connectivity index (χ0v) is 14.9. The van der Waals surface area contributed by atoms with Gasteiger partial charge in [0.1, 0.15) is 31.4 Å². The van der Waals surface area contributed by atoms with E-state index in [1.165, 1.54) is 4.57 Å². The van der Waals surface area contributed by atoms with E-state index in [1.54, 1.807) is 25.3 Å². The molecule has 1 aromatic carbocycles. The van der Waals surface area contributed by atoms with E-state index in [0.29, 0.717) is 11.3 Å². The predicted octanol–water partition coefficient (Wildman–Crippen LogP) is 0.0664. The fourth-order valence-corrected chi connectivity index (χ4v) is 2.88. The van der Waals surface area contributed by atoms with Gasteiger partial charge >= 0.3 is 5.69 Å². The van der Waals surface area contributed by atoms with E-state index < -0.39 is 24.1 Å². The van der Waals surface area contributed by atoms with E-state index in [-0.39, 0.29) is 32.2 Å². The SMILES string of the molecule is Cc1cn([C@H]2C[C@H](O)C(CO)O2)c(=O)nc1OCc1ccc(OCN)cc1. The van der Waals surface area contributed by atoms with Crippen molar-refractivity contribution < 1.29 is 24.4 Å². The standard InChI is InChI=1S/C18H23N3O6/c1-11-7-21(16-6-14(23)15(8-22)27-16)18(24)20-17(11)25-9-12-2-4-13(5-3-12)26-10-19/h2-5,7,14-16,22-23H,6,8-10,19H2,1H3/t14-,15?,16+/m0/s1. The summed E-state index contributed by atoms with van der Waals surface area (Å²) in [5.41, 5.74) is 6.32. The van der Waals surface area contributed by atoms with Crippen molar-refractivity contribution in [2.24, 2.45) is 5.73 Å². The van der Waals surface area contributed by atoms with Gasteiger partial charge in [-0.3, -0.25) is 10.3 Å². The van der Waals surface area contributed by atoms with Crippen molar-refractivity contribution in [1.29, 1.82) is 0 Å². The highest BCUT2D eigenvalue weighted by Gasteiger charge is 2.35. The van der Waals surface area contributed by atoms with Crippen LogP contribution in [0.4, 0.5) is 0 Å². The number of nitrogens with zero attached hydrogens (tertiary/aromatic N) is 2. The summed E-state index contributed by atoms with van der Waals surface area (Å²) in [5, 5.41) is 19.0. The third kappa shape index (κ3) is 4.45. The molecule has 2 aromatic rings. The summed E-state index contributed by atoms with van der Waals surface area (Å²) in [7, 11) is 0. The molecule has 146 valence electrons. The lowest BCUT2D eigenvalue weighted by atomic mass is 10.2. The van der Waals surface area contributed by atoms with Gasteiger partial charge in [0.05, 0.1) is 12.7 Å². The maximum Gasteiger partial charge on any atom is 0.352 e. The minimum absolute atomic E-state index is 0.107. The topological polar surface area (TPSA) is 129 Å². The zero-order chi connectivity index (χ0) is 19.4. The van der Waals surface area contributed by atoms with Crippen LogP contribution in [0.1, 0.15) is 23.8 Å². The Hall–Kier alpha value is -2.46. The van der Waals surface area contributed by atoms with E-state index in [1.807, 2.05) is 12.1 Å². The smallest absolute Gasteiger partial charge is 0.352 e. The van der Waals surface area contributed by atoms with Gasteiger partial charge < -0.3 is 24.4 Å². The lowest BCUT2D eigenvalue weighted by Crippen LogP contribution is -2.28. The van der Waals surface area contributed by atoms with Crippen LogP contribution in [0.2, 0.25) is 0 Å². The molecule has 9 nitrogen and oxygen atoms in total. The summed E-state index contributed by atoms with van der Waals surface area (Å²) in [4.78, 5) is 16.3. The zero-order valence-electron chi connectivity index (χ0n) is 14.9. The van der Waals surface area contributed by atoms with Crippen LogP contribution in [0.15, 0.2) is 35.3 Å². The second-order valence-corrected chi connectivity index (χ2v) is 6.28. The molecule has 1 saturated heterocycles. The van der Waals surface area contributed by atoms with Crippen LogP contribution in [0, 0.1) is 6.92 Å². The van der Waals surface area contributed by atoms with Gasteiger partial charge in [-0.1, -0.05) is 12.1 Å². The van der Waals surface area contributed by atoms with Crippen molar-refractivity contribution in [3.63, 3.8) is 0 Å². The van der Waals surface area contributed by atoms with Crippen molar-refractivity contribution in [2.45, 2.75) is 38.4 Å². The lowest BCUT2D eigenvalue weighted by Gasteiger charge is -2.16. The Morgan fingerprint density at radius 2 is 2.07 bits per heavy atom. The number of rotatable bonds is 7. The highest BCUT2D eigenvalue weighted by atomic mass is 16.5. The minimum Gasteiger partial charge on any atom is -0.479 e. The summed E-state index contributed by atoms with van der Waals surface area (Å²) in [6.07, 6.45) is -0.400. The highest BCUT2D eigenvalue weighted by molar-refractivity contribution is 5.28. The molecular weight excluding hydrogens is 354 g/mol. The Labute approximate surface area is 155 Å². The van der Waals surface area contributed by atoms with Gasteiger partial charge in [0.25, 0.3) is 0 Å². The normalized spacial score (nSPS) is 22.0. The van der Waals surface area contributed by atoms with E-state index in [4.69, 9.17) is 19.9 Å². The lowest BCUT2D eigenvalue weighted by molar-refractivity contribution is -0.0460. The second-order valence-electron chi connectivity index (χ2n) is 6.28. The fourth-order valence-electron chi connectivity index (χ4n) is 2.88. The van der Waals surface area contributed by atoms with E-state index >= 15 is 0 Å². The van der Waals surface area contributed by atoms with Crippen molar-refractivity contribution in [1.82, 2.24) is 9.55 Å². The van der Waals surface area contributed by atoms with Crippen molar-refractivity contribution in [2.75, 3.05) is 13.3 Å². The van der Waals surface area contributed by atoms with Crippen LogP contribution in [-0.4, -0.2) is 45.3 Å². The fraction of sp³-hybridized carbons (Fsp3) is 0.444. The molecule has 0 amide bonds. The molecule has 0 saturated carbocycles. The molecule has 9 heteroatoms. The van der Waals surface area contributed by atoms with Gasteiger partial charge in [-0.25, -0.2) is 4.79 Å². The van der Waals surface area contributed by atoms with Crippen LogP contribution in [0.3, 0.4) is 0 Å². The first-order chi connectivity index (χ1) is 13.0. The number of hydrogen-bond donors (Lipinski definition) is 3. The van der Waals surface area contributed by atoms with Gasteiger partial charge in [-0.2, -0.15) is 4.98 Å². The van der Waals surface area contributed by atoms with E-state index in [0.717, 1.165) is 5.56 Å². The first-order valence-corrected chi connectivity index (χ1v) is 8.60. The first-order valence-electron chi connectivity index (χ1n) is 8.60. The van der Waals surface area contributed by atoms with Gasteiger partial charge in [0, 0.05) is 18.2 Å². The van der Waals surface area contributed by atoms with E-state index in [2.05, 4.69) is 4.98 Å². The number of ether oxygens (including phenoxy) is 3. The molecule has 0 bridgehead atoms. The molecule has 4 N–H and O–H groups in total. The van der Waals surface area contributed by atoms with Gasteiger partial charge in [-0.05, 0) is 24.6 Å². The molecule has 1 aliphatic rings. The Bertz CT molecular complexity index is 823. The summed E-state index contributed by atoms with van der Waals surface area (Å²) < 4.78 is 17.7. The number of hydrogen-bond acceptors (Lipinski definition) is 8. The summed E-state index contributed by atoms with van der Waals surface area (Å²) >= 11 is 0. The number of nitrogens with two attached hydrogens (primary N) is 1. The van der Waals surface area contributed by atoms with E-state index in [9.17, 15) is 15.0 Å². The largest absolute Gasteiger partial charge is 0.479 e. The molecule has 1 fully saturated rings. The number of aromatic nitrogens is 2. The highest BCUT2D eigenvalue weighted by Crippen LogP contribution is 2.28. The molecule has 3 rings (SSSR count). The van der Waals surface area contributed by atoms with Crippen molar-refractivity contribution >= 4 is 0 Å². The van der Waals surface area contributed by atoms with Crippen molar-refractivity contribution in [3.8, 4) is 11.6 Å². The molecule has 27 heavy (non-hydrogen) atoms. The quantitative estimate of drug-likeness (QED) is 0.578. The van der Waals surface area contributed by atoms with Crippen LogP contribution in [0.25, 0.3) is 0 Å². The number of aliphatic hydroxyl groups is 2. The monoisotopic (exact) mass is 377 g/mol. The molecule has 1 unspecified atom stereocenters. The summed E-state index contributed by atoms with van der Waals surface area (Å²) in [6, 6.07) is 7.24. The van der Waals surface area contributed by atoms with Crippen LogP contribution >= 0.6 is 0 Å². The minimum atomic E-state index is -0.825. The van der Waals surface area contributed by atoms with Crippen molar-refractivity contribution in [3.05, 3.63) is 52.1 Å². The molecule has 0 radical (unpaired) electrons. The molecule has 1 aliphatic heterocycles. The number of aryl methyl sites for hydroxylation is 1. The predicted molar refractivity (Wildman–Crippen MR) is 95.3 cm³/mol. The van der Waals surface area contributed by atoms with Crippen LogP contribution in [0.5, 0.6) is 11.6 Å². The summed E-state index contributed by atoms with van der Waals surface area (Å²) in [6.45, 7) is 1.81. The molecular formula is C18H23N3O6. The maximum absolute atomic E-state index is 12.3. The molecule has 2 heterocycles. The average molecular weight is 377 g/mol. The molecule has 1 aromatic heterocycles. The Morgan fingerprint density at radius 3 is 2.70 bits per heavy atom. The van der Waals surface area contributed by atoms with Crippen LogP contribution < -0.4 is 20.9 Å². The molecule has 0 aliphatic carbocycles. The van der Waals surface area contributed by atoms with Gasteiger partial charge in [0.15, 0.2) is 0 Å². The third-order valence-electron chi connectivity index (χ3n) is 4.33. The molecule has 3 atom stereocenters. The number of benzene rings is 1. The maximum atomic E-state index is 12.3. The Balaban J connectivity index is 1.69. The Kier molecular flexibility index (Phi) is 6.07. The van der Waals surface area contributed by atoms with Gasteiger partial charge in [0.2, 0.25) is 5.88 Å². The average Bonchev–Trinajstić information content (AvgIpc) is 3.04. The number of aliphatic hydroxyl groups excluding tert-OH is 2.